The highest BCUT2D eigenvalue weighted by Gasteiger charge is 2.36. The van der Waals surface area contributed by atoms with Gasteiger partial charge < -0.3 is 10.1 Å². The largest absolute Gasteiger partial charge is 0.462 e. The van der Waals surface area contributed by atoms with Crippen molar-refractivity contribution in [3.05, 3.63) is 95.0 Å². The minimum absolute atomic E-state index is 0.0325. The molecule has 1 unspecified atom stereocenters. The molecule has 3 aromatic rings. The van der Waals surface area contributed by atoms with E-state index in [1.54, 1.807) is 60.4 Å². The van der Waals surface area contributed by atoms with Crippen molar-refractivity contribution in [3.8, 4) is 0 Å². The van der Waals surface area contributed by atoms with Crippen LogP contribution in [0.15, 0.2) is 83.9 Å². The lowest BCUT2D eigenvalue weighted by Gasteiger charge is -2.32. The molecule has 3 aromatic carbocycles. The minimum Gasteiger partial charge on any atom is -0.462 e. The van der Waals surface area contributed by atoms with E-state index >= 15 is 0 Å². The van der Waals surface area contributed by atoms with Crippen LogP contribution >= 0.6 is 23.4 Å². The second-order valence-electron chi connectivity index (χ2n) is 7.94. The van der Waals surface area contributed by atoms with Gasteiger partial charge in [0.1, 0.15) is 5.25 Å². The molecular formula is C27H24ClN3O4S. The van der Waals surface area contributed by atoms with Crippen LogP contribution < -0.4 is 5.32 Å². The molecular weight excluding hydrogens is 498 g/mol. The Kier molecular flexibility index (Phi) is 8.40. The molecule has 0 spiro atoms. The van der Waals surface area contributed by atoms with Crippen LogP contribution in [-0.2, 0) is 20.9 Å². The molecule has 7 nitrogen and oxygen atoms in total. The Morgan fingerprint density at radius 2 is 1.83 bits per heavy atom. The monoisotopic (exact) mass is 521 g/mol. The summed E-state index contributed by atoms with van der Waals surface area (Å²) in [5, 5.41) is 3.08. The third kappa shape index (κ3) is 6.53. The summed E-state index contributed by atoms with van der Waals surface area (Å²) in [5.74, 6) is -0.923. The highest BCUT2D eigenvalue weighted by molar-refractivity contribution is 8.15. The summed E-state index contributed by atoms with van der Waals surface area (Å²) in [5.41, 5.74) is 2.46. The first-order chi connectivity index (χ1) is 17.4. The number of nitrogens with zero attached hydrogens (tertiary/aromatic N) is 2. The molecule has 184 valence electrons. The van der Waals surface area contributed by atoms with E-state index in [1.165, 1.54) is 11.8 Å². The first kappa shape index (κ1) is 25.5. The topological polar surface area (TPSA) is 88.1 Å². The molecule has 1 fully saturated rings. The molecule has 1 heterocycles. The summed E-state index contributed by atoms with van der Waals surface area (Å²) < 4.78 is 5.03. The fourth-order valence-corrected chi connectivity index (χ4v) is 4.84. The fourth-order valence-electron chi connectivity index (χ4n) is 3.55. The van der Waals surface area contributed by atoms with Crippen molar-refractivity contribution < 1.29 is 19.1 Å². The number of hydrogen-bond donors (Lipinski definition) is 1. The summed E-state index contributed by atoms with van der Waals surface area (Å²) in [4.78, 5) is 44.5. The molecule has 0 saturated carbocycles. The van der Waals surface area contributed by atoms with Gasteiger partial charge in [0.15, 0.2) is 5.17 Å². The Morgan fingerprint density at radius 3 is 2.53 bits per heavy atom. The third-order valence-electron chi connectivity index (χ3n) is 5.31. The molecule has 0 bridgehead atoms. The lowest BCUT2D eigenvalue weighted by molar-refractivity contribution is -0.129. The number of aliphatic imine (C=N–C) groups is 1. The Bertz CT molecular complexity index is 1280. The number of rotatable bonds is 7. The summed E-state index contributed by atoms with van der Waals surface area (Å²) >= 11 is 7.26. The maximum absolute atomic E-state index is 13.2. The van der Waals surface area contributed by atoms with Crippen LogP contribution in [0.3, 0.4) is 0 Å². The standard InChI is InChI=1S/C27H24ClN3O4S/c1-2-35-26(34)19-11-13-21(14-12-19)30-27-31(17-18-7-4-3-5-8-18)24(32)16-23(36-27)25(33)29-22-10-6-9-20(28)15-22/h3-15,23H,2,16-17H2,1H3,(H,29,33). The second-order valence-corrected chi connectivity index (χ2v) is 9.54. The zero-order valence-corrected chi connectivity index (χ0v) is 21.1. The van der Waals surface area contributed by atoms with Gasteiger partial charge in [-0.1, -0.05) is 59.8 Å². The molecule has 1 aliphatic heterocycles. The number of amides is 2. The van der Waals surface area contributed by atoms with Crippen molar-refractivity contribution >= 4 is 57.7 Å². The van der Waals surface area contributed by atoms with E-state index in [4.69, 9.17) is 16.3 Å². The highest BCUT2D eigenvalue weighted by atomic mass is 35.5. The Balaban J connectivity index is 1.59. The molecule has 2 amide bonds. The van der Waals surface area contributed by atoms with Crippen molar-refractivity contribution in [2.75, 3.05) is 11.9 Å². The number of benzene rings is 3. The van der Waals surface area contributed by atoms with Crippen LogP contribution in [-0.4, -0.2) is 39.7 Å². The van der Waals surface area contributed by atoms with Gasteiger partial charge in [-0.25, -0.2) is 9.79 Å². The van der Waals surface area contributed by atoms with Crippen molar-refractivity contribution in [1.82, 2.24) is 4.90 Å². The molecule has 1 aliphatic rings. The van der Waals surface area contributed by atoms with Crippen LogP contribution in [0.1, 0.15) is 29.3 Å². The number of thioether (sulfide) groups is 1. The van der Waals surface area contributed by atoms with Gasteiger partial charge >= 0.3 is 5.97 Å². The van der Waals surface area contributed by atoms with Crippen molar-refractivity contribution in [2.45, 2.75) is 25.1 Å². The van der Waals surface area contributed by atoms with Crippen LogP contribution in [0.4, 0.5) is 11.4 Å². The second kappa shape index (κ2) is 11.9. The van der Waals surface area contributed by atoms with Gasteiger partial charge in [-0.05, 0) is 55.0 Å². The molecule has 36 heavy (non-hydrogen) atoms. The van der Waals surface area contributed by atoms with Gasteiger partial charge in [0.2, 0.25) is 11.8 Å². The maximum atomic E-state index is 13.2. The van der Waals surface area contributed by atoms with Gasteiger partial charge in [0, 0.05) is 17.1 Å². The average Bonchev–Trinajstić information content (AvgIpc) is 2.87. The smallest absolute Gasteiger partial charge is 0.338 e. The van der Waals surface area contributed by atoms with Gasteiger partial charge in [0.05, 0.1) is 24.4 Å². The van der Waals surface area contributed by atoms with Crippen LogP contribution in [0.2, 0.25) is 5.02 Å². The lowest BCUT2D eigenvalue weighted by Crippen LogP contribution is -2.44. The average molecular weight is 522 g/mol. The van der Waals surface area contributed by atoms with Crippen molar-refractivity contribution in [1.29, 1.82) is 0 Å². The molecule has 1 atom stereocenters. The third-order valence-corrected chi connectivity index (χ3v) is 6.73. The van der Waals surface area contributed by atoms with Crippen LogP contribution in [0.25, 0.3) is 0 Å². The van der Waals surface area contributed by atoms with Gasteiger partial charge in [0.25, 0.3) is 0 Å². The number of esters is 1. The number of ether oxygens (including phenoxy) is 1. The highest BCUT2D eigenvalue weighted by Crippen LogP contribution is 2.31. The zero-order valence-electron chi connectivity index (χ0n) is 19.5. The van der Waals surface area contributed by atoms with E-state index in [-0.39, 0.29) is 24.8 Å². The molecule has 0 radical (unpaired) electrons. The molecule has 0 aromatic heterocycles. The number of nitrogens with one attached hydrogen (secondary N) is 1. The molecule has 1 N–H and O–H groups in total. The quantitative estimate of drug-likeness (QED) is 0.404. The predicted molar refractivity (Wildman–Crippen MR) is 143 cm³/mol. The summed E-state index contributed by atoms with van der Waals surface area (Å²) in [6.07, 6.45) is 0.0325. The summed E-state index contributed by atoms with van der Waals surface area (Å²) in [6.45, 7) is 2.36. The van der Waals surface area contributed by atoms with E-state index in [9.17, 15) is 14.4 Å². The van der Waals surface area contributed by atoms with E-state index in [2.05, 4.69) is 10.3 Å². The zero-order chi connectivity index (χ0) is 25.5. The number of amidine groups is 1. The summed E-state index contributed by atoms with van der Waals surface area (Å²) in [6, 6.07) is 23.0. The molecule has 1 saturated heterocycles. The van der Waals surface area contributed by atoms with Crippen LogP contribution in [0.5, 0.6) is 0 Å². The molecule has 4 rings (SSSR count). The predicted octanol–water partition coefficient (Wildman–Crippen LogP) is 5.68. The van der Waals surface area contributed by atoms with Gasteiger partial charge in [-0.2, -0.15) is 0 Å². The molecule has 0 aliphatic carbocycles. The van der Waals surface area contributed by atoms with Crippen LogP contribution in [0, 0.1) is 0 Å². The van der Waals surface area contributed by atoms with E-state index in [0.29, 0.717) is 33.7 Å². The maximum Gasteiger partial charge on any atom is 0.338 e. The van der Waals surface area contributed by atoms with Crippen molar-refractivity contribution in [2.24, 2.45) is 4.99 Å². The lowest BCUT2D eigenvalue weighted by atomic mass is 10.2. The van der Waals surface area contributed by atoms with E-state index < -0.39 is 11.2 Å². The number of carbonyl (C=O) groups excluding carboxylic acids is 3. The fraction of sp³-hybridized carbons (Fsp3) is 0.185. The number of hydrogen-bond acceptors (Lipinski definition) is 6. The Hall–Kier alpha value is -3.62. The van der Waals surface area contributed by atoms with Gasteiger partial charge in [-0.3, -0.25) is 14.5 Å². The Labute approximate surface area is 218 Å². The number of carbonyl (C=O) groups is 3. The Morgan fingerprint density at radius 1 is 1.08 bits per heavy atom. The number of halogens is 1. The molecule has 9 heteroatoms. The van der Waals surface area contributed by atoms with Gasteiger partial charge in [-0.15, -0.1) is 0 Å². The minimum atomic E-state index is -0.666. The number of anilines is 1. The van der Waals surface area contributed by atoms with E-state index in [0.717, 1.165) is 5.56 Å². The summed E-state index contributed by atoms with van der Waals surface area (Å²) in [7, 11) is 0. The van der Waals surface area contributed by atoms with E-state index in [1.807, 2.05) is 30.3 Å². The van der Waals surface area contributed by atoms with Crippen molar-refractivity contribution in [3.63, 3.8) is 0 Å². The SMILES string of the molecule is CCOC(=O)c1ccc(N=C2SC(C(=O)Nc3cccc(Cl)c3)CC(=O)N2Cc2ccccc2)cc1. The normalized spacial score (nSPS) is 16.6. The first-order valence-corrected chi connectivity index (χ1v) is 12.6. The first-order valence-electron chi connectivity index (χ1n) is 11.4.